The van der Waals surface area contributed by atoms with Crippen LogP contribution in [0.4, 0.5) is 4.39 Å². The van der Waals surface area contributed by atoms with Crippen molar-refractivity contribution in [3.05, 3.63) is 41.7 Å². The van der Waals surface area contributed by atoms with Crippen LogP contribution >= 0.6 is 0 Å². The fourth-order valence-electron chi connectivity index (χ4n) is 0.809. The summed E-state index contributed by atoms with van der Waals surface area (Å²) in [5.41, 5.74) is 16.1. The summed E-state index contributed by atoms with van der Waals surface area (Å²) in [7, 11) is 3.00. The Hall–Kier alpha value is -1.39. The van der Waals surface area contributed by atoms with E-state index in [0.29, 0.717) is 5.70 Å². The molecule has 6 N–H and O–H groups in total. The molecule has 1 aromatic rings. The Labute approximate surface area is 104 Å². The first-order valence-electron chi connectivity index (χ1n) is 5.57. The van der Waals surface area contributed by atoms with E-state index in [4.69, 9.17) is 5.73 Å². The van der Waals surface area contributed by atoms with Crippen LogP contribution in [0.25, 0.3) is 5.70 Å². The van der Waals surface area contributed by atoms with Gasteiger partial charge in [-0.15, -0.1) is 0 Å². The van der Waals surface area contributed by atoms with Gasteiger partial charge in [-0.25, -0.2) is 4.39 Å². The van der Waals surface area contributed by atoms with Crippen molar-refractivity contribution in [2.24, 2.45) is 17.2 Å². The molecule has 0 unspecified atom stereocenters. The highest BCUT2D eigenvalue weighted by atomic mass is 19.1. The van der Waals surface area contributed by atoms with Gasteiger partial charge in [0.15, 0.2) is 0 Å². The molecule has 0 aliphatic carbocycles. The van der Waals surface area contributed by atoms with E-state index < -0.39 is 0 Å². The lowest BCUT2D eigenvalue weighted by molar-refractivity contribution is 0.627. The normalized spacial score (nSPS) is 8.59. The summed E-state index contributed by atoms with van der Waals surface area (Å²) in [6, 6.07) is 6.10. The topological polar surface area (TPSA) is 78.1 Å². The predicted octanol–water partition coefficient (Wildman–Crippen LogP) is 2.32. The average molecular weight is 243 g/mol. The predicted molar refractivity (Wildman–Crippen MR) is 75.8 cm³/mol. The van der Waals surface area contributed by atoms with Crippen LogP contribution in [0.2, 0.25) is 0 Å². The molecule has 1 aromatic carbocycles. The van der Waals surface area contributed by atoms with E-state index in [9.17, 15) is 4.39 Å². The number of hydrogen-bond donors (Lipinski definition) is 3. The fourth-order valence-corrected chi connectivity index (χ4v) is 0.809. The van der Waals surface area contributed by atoms with E-state index in [-0.39, 0.29) is 5.82 Å². The number of hydrogen-bond acceptors (Lipinski definition) is 3. The monoisotopic (exact) mass is 243 g/mol. The molecule has 0 bridgehead atoms. The third kappa shape index (κ3) is 10.9. The highest BCUT2D eigenvalue weighted by molar-refractivity contribution is 5.61. The van der Waals surface area contributed by atoms with Crippen molar-refractivity contribution in [3.63, 3.8) is 0 Å². The van der Waals surface area contributed by atoms with Crippen LogP contribution in [-0.2, 0) is 0 Å². The number of halogens is 1. The van der Waals surface area contributed by atoms with Gasteiger partial charge in [0.25, 0.3) is 0 Å². The summed E-state index contributed by atoms with van der Waals surface area (Å²) in [5, 5.41) is 0. The molecule has 0 fully saturated rings. The lowest BCUT2D eigenvalue weighted by Crippen LogP contribution is -1.94. The van der Waals surface area contributed by atoms with Crippen LogP contribution in [0.5, 0.6) is 0 Å². The lowest BCUT2D eigenvalue weighted by atomic mass is 10.1. The van der Waals surface area contributed by atoms with Gasteiger partial charge in [-0.1, -0.05) is 32.1 Å². The average Bonchev–Trinajstić information content (AvgIpc) is 2.45. The van der Waals surface area contributed by atoms with Crippen molar-refractivity contribution in [2.45, 2.75) is 20.8 Å². The van der Waals surface area contributed by atoms with Crippen LogP contribution in [0.15, 0.2) is 30.3 Å². The second-order valence-corrected chi connectivity index (χ2v) is 2.25. The van der Waals surface area contributed by atoms with E-state index in [1.165, 1.54) is 26.2 Å². The number of benzene rings is 1. The molecule has 0 saturated heterocycles. The Bertz CT molecular complexity index is 268. The van der Waals surface area contributed by atoms with Crippen LogP contribution < -0.4 is 17.2 Å². The van der Waals surface area contributed by atoms with E-state index >= 15 is 0 Å². The molecule has 0 atom stereocenters. The Morgan fingerprint density at radius 2 is 1.35 bits per heavy atom. The summed E-state index contributed by atoms with van der Waals surface area (Å²) < 4.78 is 12.4. The van der Waals surface area contributed by atoms with Gasteiger partial charge in [0.2, 0.25) is 0 Å². The van der Waals surface area contributed by atoms with Crippen molar-refractivity contribution in [1.29, 1.82) is 0 Å². The van der Waals surface area contributed by atoms with Gasteiger partial charge in [0.05, 0.1) is 0 Å². The zero-order chi connectivity index (χ0) is 14.3. The zero-order valence-corrected chi connectivity index (χ0v) is 11.5. The molecule has 3 nitrogen and oxygen atoms in total. The summed E-state index contributed by atoms with van der Waals surface area (Å²) in [6.45, 7) is 5.85. The first-order chi connectivity index (χ1) is 8.24. The first kappa shape index (κ1) is 21.0. The molecule has 0 spiro atoms. The minimum Gasteiger partial charge on any atom is -0.399 e. The highest BCUT2D eigenvalue weighted by Gasteiger charge is 1.93. The Morgan fingerprint density at radius 1 is 1.00 bits per heavy atom. The summed E-state index contributed by atoms with van der Waals surface area (Å²) in [6.07, 6.45) is 1.78. The van der Waals surface area contributed by atoms with Gasteiger partial charge in [0.1, 0.15) is 5.82 Å². The SMILES string of the molecule is C/C=C(\N)c1ccc(F)cc1.CC.CN.CN. The highest BCUT2D eigenvalue weighted by Crippen LogP contribution is 2.08. The van der Waals surface area contributed by atoms with Crippen LogP contribution in [0.1, 0.15) is 26.3 Å². The third-order valence-corrected chi connectivity index (χ3v) is 1.49. The van der Waals surface area contributed by atoms with Crippen LogP contribution in [0.3, 0.4) is 0 Å². The van der Waals surface area contributed by atoms with Crippen LogP contribution in [-0.4, -0.2) is 14.1 Å². The maximum absolute atomic E-state index is 12.4. The van der Waals surface area contributed by atoms with E-state index in [1.54, 1.807) is 18.2 Å². The number of nitrogens with two attached hydrogens (primary N) is 3. The van der Waals surface area contributed by atoms with Crippen molar-refractivity contribution in [2.75, 3.05) is 14.1 Å². The summed E-state index contributed by atoms with van der Waals surface area (Å²) >= 11 is 0. The minimum atomic E-state index is -0.238. The van der Waals surface area contributed by atoms with Crippen LogP contribution in [0, 0.1) is 5.82 Å². The maximum atomic E-state index is 12.4. The second-order valence-electron chi connectivity index (χ2n) is 2.25. The first-order valence-corrected chi connectivity index (χ1v) is 5.57. The number of rotatable bonds is 1. The molecule has 0 heterocycles. The summed E-state index contributed by atoms with van der Waals surface area (Å²) in [5.74, 6) is -0.238. The fraction of sp³-hybridized carbons (Fsp3) is 0.385. The van der Waals surface area contributed by atoms with Gasteiger partial charge in [0, 0.05) is 5.70 Å². The van der Waals surface area contributed by atoms with Crippen molar-refractivity contribution in [1.82, 2.24) is 0 Å². The van der Waals surface area contributed by atoms with E-state index in [1.807, 2.05) is 20.8 Å². The quantitative estimate of drug-likeness (QED) is 0.708. The number of allylic oxidation sites excluding steroid dienone is 1. The Balaban J connectivity index is -0.000000285. The summed E-state index contributed by atoms with van der Waals surface area (Å²) in [4.78, 5) is 0. The molecular formula is C13H26FN3. The minimum absolute atomic E-state index is 0.238. The molecule has 1 rings (SSSR count). The van der Waals surface area contributed by atoms with Crippen molar-refractivity contribution in [3.8, 4) is 0 Å². The zero-order valence-electron chi connectivity index (χ0n) is 11.5. The van der Waals surface area contributed by atoms with Gasteiger partial charge in [-0.3, -0.25) is 0 Å². The molecule has 0 aromatic heterocycles. The second kappa shape index (κ2) is 17.0. The van der Waals surface area contributed by atoms with Gasteiger partial charge >= 0.3 is 0 Å². The molecule has 0 aliphatic rings. The van der Waals surface area contributed by atoms with Gasteiger partial charge in [-0.2, -0.15) is 0 Å². The van der Waals surface area contributed by atoms with Crippen molar-refractivity contribution < 1.29 is 4.39 Å². The molecule has 100 valence electrons. The smallest absolute Gasteiger partial charge is 0.123 e. The van der Waals surface area contributed by atoms with Gasteiger partial charge < -0.3 is 17.2 Å². The molecule has 0 radical (unpaired) electrons. The lowest BCUT2D eigenvalue weighted by Gasteiger charge is -1.98. The molecule has 0 aliphatic heterocycles. The standard InChI is InChI=1S/C9H10FN.C2H6.2CH5N/c1-2-9(11)7-3-5-8(10)6-4-7;3*1-2/h2-6H,11H2,1H3;1-2H3;2*2H2,1H3/b9-2-;;;. The Kier molecular flexibility index (Phi) is 21.0. The Morgan fingerprint density at radius 3 is 1.65 bits per heavy atom. The molecule has 4 heteroatoms. The van der Waals surface area contributed by atoms with Gasteiger partial charge in [-0.05, 0) is 38.7 Å². The third-order valence-electron chi connectivity index (χ3n) is 1.49. The van der Waals surface area contributed by atoms with Crippen molar-refractivity contribution >= 4 is 5.70 Å². The van der Waals surface area contributed by atoms with E-state index in [0.717, 1.165) is 5.56 Å². The molecule has 17 heavy (non-hydrogen) atoms. The molecular weight excluding hydrogens is 217 g/mol. The molecule has 0 saturated carbocycles. The molecule has 0 amide bonds. The van der Waals surface area contributed by atoms with E-state index in [2.05, 4.69) is 11.5 Å². The largest absolute Gasteiger partial charge is 0.399 e. The maximum Gasteiger partial charge on any atom is 0.123 e.